The molecule has 1 saturated carbocycles. The van der Waals surface area contributed by atoms with Crippen molar-refractivity contribution in [1.29, 1.82) is 0 Å². The second kappa shape index (κ2) is 6.83. The number of carbonyl (C=O) groups is 2. The van der Waals surface area contributed by atoms with Crippen molar-refractivity contribution in [3.63, 3.8) is 0 Å². The van der Waals surface area contributed by atoms with E-state index in [1.807, 2.05) is 6.07 Å². The minimum atomic E-state index is -0.645. The Labute approximate surface area is 155 Å². The van der Waals surface area contributed by atoms with Crippen LogP contribution >= 0.6 is 11.3 Å². The van der Waals surface area contributed by atoms with E-state index in [2.05, 4.69) is 10.9 Å². The van der Waals surface area contributed by atoms with Gasteiger partial charge in [-0.15, -0.1) is 11.3 Å². The summed E-state index contributed by atoms with van der Waals surface area (Å²) in [5.41, 5.74) is 6.53. The molecule has 2 aromatic rings. The Morgan fingerprint density at radius 2 is 1.73 bits per heavy atom. The zero-order valence-corrected chi connectivity index (χ0v) is 15.3. The number of nitrogens with one attached hydrogen (secondary N) is 2. The summed E-state index contributed by atoms with van der Waals surface area (Å²) in [4.78, 5) is 26.9. The summed E-state index contributed by atoms with van der Waals surface area (Å²) in [6.07, 6.45) is 7.05. The van der Waals surface area contributed by atoms with Gasteiger partial charge in [0.05, 0.1) is 10.3 Å². The first-order valence-electron chi connectivity index (χ1n) is 9.07. The number of hydrogen-bond acceptors (Lipinski definition) is 3. The molecular weight excluding hydrogens is 351 g/mol. The van der Waals surface area contributed by atoms with Crippen LogP contribution in [0, 0.1) is 5.82 Å². The van der Waals surface area contributed by atoms with Gasteiger partial charge in [-0.3, -0.25) is 20.4 Å². The van der Waals surface area contributed by atoms with E-state index in [4.69, 9.17) is 0 Å². The molecule has 2 aliphatic carbocycles. The van der Waals surface area contributed by atoms with E-state index in [0.717, 1.165) is 18.4 Å². The molecule has 2 aliphatic rings. The van der Waals surface area contributed by atoms with Crippen LogP contribution in [0.1, 0.15) is 57.8 Å². The van der Waals surface area contributed by atoms with E-state index in [1.54, 1.807) is 12.1 Å². The highest BCUT2D eigenvalue weighted by Crippen LogP contribution is 2.48. The SMILES string of the molecule is O=C(NNC(=O)C1(c2ccc(F)cc2)CC1)c1cc2c(s1)CCCCC2. The summed E-state index contributed by atoms with van der Waals surface area (Å²) in [6, 6.07) is 7.96. The quantitative estimate of drug-likeness (QED) is 0.638. The minimum absolute atomic E-state index is 0.240. The molecule has 4 nitrogen and oxygen atoms in total. The number of fused-ring (bicyclic) bond motifs is 1. The Kier molecular flexibility index (Phi) is 4.53. The number of halogens is 1. The van der Waals surface area contributed by atoms with Gasteiger partial charge < -0.3 is 0 Å². The van der Waals surface area contributed by atoms with Gasteiger partial charge in [0.1, 0.15) is 5.82 Å². The maximum absolute atomic E-state index is 13.1. The fourth-order valence-electron chi connectivity index (χ4n) is 3.61. The summed E-state index contributed by atoms with van der Waals surface area (Å²) in [5, 5.41) is 0. The van der Waals surface area contributed by atoms with Crippen molar-refractivity contribution in [3.8, 4) is 0 Å². The molecule has 1 aromatic carbocycles. The number of carbonyl (C=O) groups excluding carboxylic acids is 2. The molecule has 4 rings (SSSR count). The smallest absolute Gasteiger partial charge is 0.272 e. The van der Waals surface area contributed by atoms with Gasteiger partial charge >= 0.3 is 0 Å². The standard InChI is InChI=1S/C20H21FN2O2S/c21-15-8-6-14(7-9-15)20(10-11-20)19(25)23-22-18(24)17-12-13-4-2-1-3-5-16(13)26-17/h6-9,12H,1-5,10-11H2,(H,22,24)(H,23,25). The normalized spacial score (nSPS) is 17.7. The first kappa shape index (κ1) is 17.2. The van der Waals surface area contributed by atoms with E-state index in [-0.39, 0.29) is 17.6 Å². The van der Waals surface area contributed by atoms with Crippen molar-refractivity contribution in [2.24, 2.45) is 0 Å². The van der Waals surface area contributed by atoms with Crippen LogP contribution in [-0.2, 0) is 23.1 Å². The Balaban J connectivity index is 1.40. The lowest BCUT2D eigenvalue weighted by molar-refractivity contribution is -0.124. The second-order valence-electron chi connectivity index (χ2n) is 7.12. The number of amides is 2. The van der Waals surface area contributed by atoms with Crippen LogP contribution in [0.15, 0.2) is 30.3 Å². The summed E-state index contributed by atoms with van der Waals surface area (Å²) in [5.74, 6) is -0.836. The van der Waals surface area contributed by atoms with Crippen molar-refractivity contribution in [2.45, 2.75) is 50.4 Å². The van der Waals surface area contributed by atoms with Crippen LogP contribution in [0.25, 0.3) is 0 Å². The largest absolute Gasteiger partial charge is 0.279 e. The third-order valence-corrected chi connectivity index (χ3v) is 6.58. The van der Waals surface area contributed by atoms with Gasteiger partial charge in [0.2, 0.25) is 5.91 Å². The Bertz CT molecular complexity index is 816. The summed E-state index contributed by atoms with van der Waals surface area (Å²) >= 11 is 1.52. The van der Waals surface area contributed by atoms with E-state index < -0.39 is 5.41 Å². The molecule has 0 saturated heterocycles. The molecule has 0 spiro atoms. The van der Waals surface area contributed by atoms with Gasteiger partial charge in [-0.2, -0.15) is 0 Å². The fourth-order valence-corrected chi connectivity index (χ4v) is 4.76. The number of rotatable bonds is 3. The number of hydrazine groups is 1. The third kappa shape index (κ3) is 3.26. The number of benzene rings is 1. The van der Waals surface area contributed by atoms with Crippen LogP contribution < -0.4 is 10.9 Å². The first-order valence-corrected chi connectivity index (χ1v) is 9.88. The van der Waals surface area contributed by atoms with Crippen molar-refractivity contribution >= 4 is 23.2 Å². The lowest BCUT2D eigenvalue weighted by Gasteiger charge is -2.16. The molecule has 26 heavy (non-hydrogen) atoms. The van der Waals surface area contributed by atoms with Crippen molar-refractivity contribution in [3.05, 3.63) is 57.0 Å². The molecule has 0 aliphatic heterocycles. The zero-order valence-electron chi connectivity index (χ0n) is 14.4. The molecule has 1 aromatic heterocycles. The Morgan fingerprint density at radius 1 is 1.00 bits per heavy atom. The topological polar surface area (TPSA) is 58.2 Å². The molecule has 136 valence electrons. The van der Waals surface area contributed by atoms with Gasteiger partial charge in [-0.1, -0.05) is 18.6 Å². The number of hydrogen-bond donors (Lipinski definition) is 2. The molecular formula is C20H21FN2O2S. The van der Waals surface area contributed by atoms with Gasteiger partial charge in [0.15, 0.2) is 0 Å². The zero-order chi connectivity index (χ0) is 18.1. The maximum Gasteiger partial charge on any atom is 0.279 e. The molecule has 1 heterocycles. The molecule has 0 atom stereocenters. The Morgan fingerprint density at radius 3 is 2.46 bits per heavy atom. The molecule has 1 fully saturated rings. The van der Waals surface area contributed by atoms with Gasteiger partial charge in [-0.05, 0) is 67.9 Å². The van der Waals surface area contributed by atoms with E-state index in [9.17, 15) is 14.0 Å². The lowest BCUT2D eigenvalue weighted by atomic mass is 9.95. The van der Waals surface area contributed by atoms with Gasteiger partial charge in [-0.25, -0.2) is 4.39 Å². The van der Waals surface area contributed by atoms with Gasteiger partial charge in [0, 0.05) is 4.88 Å². The fraction of sp³-hybridized carbons (Fsp3) is 0.400. The highest BCUT2D eigenvalue weighted by atomic mass is 32.1. The van der Waals surface area contributed by atoms with Crippen LogP contribution in [0.3, 0.4) is 0 Å². The summed E-state index contributed by atoms with van der Waals surface area (Å²) in [6.45, 7) is 0. The van der Waals surface area contributed by atoms with E-state index in [1.165, 1.54) is 53.2 Å². The van der Waals surface area contributed by atoms with Gasteiger partial charge in [0.25, 0.3) is 5.91 Å². The van der Waals surface area contributed by atoms with Crippen molar-refractivity contribution < 1.29 is 14.0 Å². The first-order chi connectivity index (χ1) is 12.6. The predicted molar refractivity (Wildman–Crippen MR) is 98.5 cm³/mol. The average molecular weight is 372 g/mol. The Hall–Kier alpha value is -2.21. The average Bonchev–Trinajstić information content (AvgIpc) is 3.40. The molecule has 0 bridgehead atoms. The monoisotopic (exact) mass is 372 g/mol. The van der Waals surface area contributed by atoms with Crippen LogP contribution in [-0.4, -0.2) is 11.8 Å². The van der Waals surface area contributed by atoms with Crippen molar-refractivity contribution in [1.82, 2.24) is 10.9 Å². The number of aryl methyl sites for hydroxylation is 2. The molecule has 0 unspecified atom stereocenters. The maximum atomic E-state index is 13.1. The van der Waals surface area contributed by atoms with Crippen LogP contribution in [0.2, 0.25) is 0 Å². The van der Waals surface area contributed by atoms with Crippen LogP contribution in [0.5, 0.6) is 0 Å². The predicted octanol–water partition coefficient (Wildman–Crippen LogP) is 3.65. The van der Waals surface area contributed by atoms with E-state index >= 15 is 0 Å². The van der Waals surface area contributed by atoms with Crippen LogP contribution in [0.4, 0.5) is 4.39 Å². The second-order valence-corrected chi connectivity index (χ2v) is 8.25. The summed E-state index contributed by atoms with van der Waals surface area (Å²) in [7, 11) is 0. The van der Waals surface area contributed by atoms with E-state index in [0.29, 0.717) is 17.7 Å². The summed E-state index contributed by atoms with van der Waals surface area (Å²) < 4.78 is 13.1. The molecule has 2 amide bonds. The number of thiophene rings is 1. The molecule has 2 N–H and O–H groups in total. The highest BCUT2D eigenvalue weighted by molar-refractivity contribution is 7.14. The minimum Gasteiger partial charge on any atom is -0.272 e. The van der Waals surface area contributed by atoms with Crippen molar-refractivity contribution in [2.75, 3.05) is 0 Å². The lowest BCUT2D eigenvalue weighted by Crippen LogP contribution is -2.46. The highest BCUT2D eigenvalue weighted by Gasteiger charge is 2.51. The third-order valence-electron chi connectivity index (χ3n) is 5.34. The molecule has 6 heteroatoms. The molecule has 0 radical (unpaired) electrons.